The SMILES string of the molecule is Cn1cccc1CNCC(c1cccs1)N1CCOCC1. The maximum atomic E-state index is 5.48. The highest BCUT2D eigenvalue weighted by Crippen LogP contribution is 2.25. The summed E-state index contributed by atoms with van der Waals surface area (Å²) in [7, 11) is 2.09. The van der Waals surface area contributed by atoms with Crippen molar-refractivity contribution < 1.29 is 4.74 Å². The molecule has 0 aromatic carbocycles. The average Bonchev–Trinajstić information content (AvgIpc) is 3.17. The van der Waals surface area contributed by atoms with Crippen LogP contribution in [-0.4, -0.2) is 42.3 Å². The number of aromatic nitrogens is 1. The van der Waals surface area contributed by atoms with Gasteiger partial charge >= 0.3 is 0 Å². The lowest BCUT2D eigenvalue weighted by Crippen LogP contribution is -2.42. The zero-order chi connectivity index (χ0) is 14.5. The molecule has 21 heavy (non-hydrogen) atoms. The molecule has 5 heteroatoms. The molecule has 3 heterocycles. The maximum Gasteiger partial charge on any atom is 0.0594 e. The van der Waals surface area contributed by atoms with Gasteiger partial charge in [-0.2, -0.15) is 0 Å². The number of thiophene rings is 1. The lowest BCUT2D eigenvalue weighted by molar-refractivity contribution is 0.0168. The van der Waals surface area contributed by atoms with Crippen LogP contribution in [0.15, 0.2) is 35.8 Å². The van der Waals surface area contributed by atoms with E-state index >= 15 is 0 Å². The molecule has 1 aliphatic rings. The van der Waals surface area contributed by atoms with Crippen molar-refractivity contribution in [3.63, 3.8) is 0 Å². The van der Waals surface area contributed by atoms with E-state index in [-0.39, 0.29) is 0 Å². The van der Waals surface area contributed by atoms with Gasteiger partial charge in [-0.25, -0.2) is 0 Å². The lowest BCUT2D eigenvalue weighted by atomic mass is 10.2. The van der Waals surface area contributed by atoms with Crippen molar-refractivity contribution in [2.75, 3.05) is 32.8 Å². The Labute approximate surface area is 130 Å². The summed E-state index contributed by atoms with van der Waals surface area (Å²) < 4.78 is 7.65. The van der Waals surface area contributed by atoms with Crippen LogP contribution in [0.1, 0.15) is 16.6 Å². The Morgan fingerprint density at radius 3 is 2.81 bits per heavy atom. The van der Waals surface area contributed by atoms with Gasteiger partial charge in [0, 0.05) is 50.0 Å². The van der Waals surface area contributed by atoms with E-state index in [2.05, 4.69) is 57.7 Å². The predicted octanol–water partition coefficient (Wildman–Crippen LogP) is 2.25. The average molecular weight is 305 g/mol. The van der Waals surface area contributed by atoms with E-state index < -0.39 is 0 Å². The van der Waals surface area contributed by atoms with Crippen LogP contribution in [0.5, 0.6) is 0 Å². The first-order valence-electron chi connectivity index (χ1n) is 7.51. The Bertz CT molecular complexity index is 531. The van der Waals surface area contributed by atoms with Crippen molar-refractivity contribution in [1.82, 2.24) is 14.8 Å². The largest absolute Gasteiger partial charge is 0.379 e. The van der Waals surface area contributed by atoms with Crippen LogP contribution in [0, 0.1) is 0 Å². The highest BCUT2D eigenvalue weighted by atomic mass is 32.1. The number of aryl methyl sites for hydroxylation is 1. The van der Waals surface area contributed by atoms with Gasteiger partial charge in [0.15, 0.2) is 0 Å². The first kappa shape index (κ1) is 14.8. The van der Waals surface area contributed by atoms with Gasteiger partial charge in [-0.05, 0) is 23.6 Å². The summed E-state index contributed by atoms with van der Waals surface area (Å²) in [6.45, 7) is 5.63. The van der Waals surface area contributed by atoms with Crippen molar-refractivity contribution >= 4 is 11.3 Å². The highest BCUT2D eigenvalue weighted by molar-refractivity contribution is 7.10. The van der Waals surface area contributed by atoms with Gasteiger partial charge in [0.25, 0.3) is 0 Å². The van der Waals surface area contributed by atoms with E-state index in [0.717, 1.165) is 39.4 Å². The van der Waals surface area contributed by atoms with E-state index in [0.29, 0.717) is 6.04 Å². The molecule has 1 fully saturated rings. The van der Waals surface area contributed by atoms with Gasteiger partial charge in [0.1, 0.15) is 0 Å². The van der Waals surface area contributed by atoms with Crippen molar-refractivity contribution in [2.24, 2.45) is 7.05 Å². The first-order chi connectivity index (χ1) is 10.3. The van der Waals surface area contributed by atoms with E-state index in [1.165, 1.54) is 10.6 Å². The molecular weight excluding hydrogens is 282 g/mol. The molecule has 0 spiro atoms. The molecule has 0 saturated carbocycles. The van der Waals surface area contributed by atoms with Gasteiger partial charge in [-0.3, -0.25) is 4.90 Å². The summed E-state index contributed by atoms with van der Waals surface area (Å²) in [6, 6.07) is 9.10. The van der Waals surface area contributed by atoms with E-state index in [1.54, 1.807) is 0 Å². The molecule has 1 N–H and O–H groups in total. The Balaban J connectivity index is 1.61. The second-order valence-corrected chi connectivity index (χ2v) is 6.40. The Hall–Kier alpha value is -1.14. The standard InChI is InChI=1S/C16H23N3OS/c1-18-6-2-4-14(18)12-17-13-15(16-5-3-11-21-16)19-7-9-20-10-8-19/h2-6,11,15,17H,7-10,12-13H2,1H3. The van der Waals surface area contributed by atoms with Crippen LogP contribution in [-0.2, 0) is 18.3 Å². The number of nitrogens with one attached hydrogen (secondary N) is 1. The number of hydrogen-bond acceptors (Lipinski definition) is 4. The van der Waals surface area contributed by atoms with Crippen molar-refractivity contribution in [2.45, 2.75) is 12.6 Å². The monoisotopic (exact) mass is 305 g/mol. The topological polar surface area (TPSA) is 29.4 Å². The minimum absolute atomic E-state index is 0.453. The molecule has 1 aliphatic heterocycles. The highest BCUT2D eigenvalue weighted by Gasteiger charge is 2.23. The quantitative estimate of drug-likeness (QED) is 0.887. The fraction of sp³-hybridized carbons (Fsp3) is 0.500. The molecule has 2 aromatic heterocycles. The first-order valence-corrected chi connectivity index (χ1v) is 8.38. The number of morpholine rings is 1. The summed E-state index contributed by atoms with van der Waals surface area (Å²) in [5.41, 5.74) is 1.32. The van der Waals surface area contributed by atoms with Crippen LogP contribution in [0.3, 0.4) is 0 Å². The molecule has 2 aromatic rings. The number of ether oxygens (including phenoxy) is 1. The van der Waals surface area contributed by atoms with Crippen molar-refractivity contribution in [1.29, 1.82) is 0 Å². The number of hydrogen-bond donors (Lipinski definition) is 1. The maximum absolute atomic E-state index is 5.48. The summed E-state index contributed by atoms with van der Waals surface area (Å²) >= 11 is 1.85. The molecule has 1 atom stereocenters. The van der Waals surface area contributed by atoms with E-state index in [9.17, 15) is 0 Å². The zero-order valence-electron chi connectivity index (χ0n) is 12.5. The van der Waals surface area contributed by atoms with Crippen molar-refractivity contribution in [3.05, 3.63) is 46.4 Å². The summed E-state index contributed by atoms with van der Waals surface area (Å²) in [6.07, 6.45) is 2.09. The van der Waals surface area contributed by atoms with Gasteiger partial charge in [-0.15, -0.1) is 11.3 Å². The molecule has 114 valence electrons. The predicted molar refractivity (Wildman–Crippen MR) is 86.6 cm³/mol. The van der Waals surface area contributed by atoms with Crippen LogP contribution in [0.4, 0.5) is 0 Å². The third-order valence-electron chi connectivity index (χ3n) is 4.05. The minimum Gasteiger partial charge on any atom is -0.379 e. The van der Waals surface area contributed by atoms with Crippen LogP contribution in [0.25, 0.3) is 0 Å². The lowest BCUT2D eigenvalue weighted by Gasteiger charge is -2.34. The number of nitrogens with zero attached hydrogens (tertiary/aromatic N) is 2. The molecular formula is C16H23N3OS. The van der Waals surface area contributed by atoms with Crippen LogP contribution < -0.4 is 5.32 Å². The Kier molecular flexibility index (Phi) is 5.08. The molecule has 1 unspecified atom stereocenters. The van der Waals surface area contributed by atoms with Gasteiger partial charge in [-0.1, -0.05) is 6.07 Å². The smallest absolute Gasteiger partial charge is 0.0594 e. The molecule has 3 rings (SSSR count). The summed E-state index contributed by atoms with van der Waals surface area (Å²) in [5.74, 6) is 0. The molecule has 0 radical (unpaired) electrons. The third-order valence-corrected chi connectivity index (χ3v) is 5.03. The molecule has 0 aliphatic carbocycles. The summed E-state index contributed by atoms with van der Waals surface area (Å²) in [4.78, 5) is 3.98. The van der Waals surface area contributed by atoms with Gasteiger partial charge in [0.05, 0.1) is 19.3 Å². The Morgan fingerprint density at radius 1 is 1.29 bits per heavy atom. The molecule has 4 nitrogen and oxygen atoms in total. The fourth-order valence-electron chi connectivity index (χ4n) is 2.80. The van der Waals surface area contributed by atoms with E-state index in [1.807, 2.05) is 11.3 Å². The minimum atomic E-state index is 0.453. The zero-order valence-corrected chi connectivity index (χ0v) is 13.3. The molecule has 1 saturated heterocycles. The number of rotatable bonds is 6. The molecule has 0 amide bonds. The normalized spacial score (nSPS) is 18.0. The fourth-order valence-corrected chi connectivity index (χ4v) is 3.66. The summed E-state index contributed by atoms with van der Waals surface area (Å²) in [5, 5.41) is 5.78. The second kappa shape index (κ2) is 7.22. The van der Waals surface area contributed by atoms with E-state index in [4.69, 9.17) is 4.74 Å². The van der Waals surface area contributed by atoms with Crippen LogP contribution in [0.2, 0.25) is 0 Å². The third kappa shape index (κ3) is 3.74. The molecule has 0 bridgehead atoms. The van der Waals surface area contributed by atoms with Crippen LogP contribution >= 0.6 is 11.3 Å². The van der Waals surface area contributed by atoms with Crippen molar-refractivity contribution in [3.8, 4) is 0 Å². The Morgan fingerprint density at radius 2 is 2.14 bits per heavy atom. The van der Waals surface area contributed by atoms with Gasteiger partial charge < -0.3 is 14.6 Å². The second-order valence-electron chi connectivity index (χ2n) is 5.42. The van der Waals surface area contributed by atoms with Gasteiger partial charge in [0.2, 0.25) is 0 Å².